The number of rotatable bonds is 4. The molecule has 3 nitrogen and oxygen atoms in total. The molecule has 0 bridgehead atoms. The molecule has 0 saturated heterocycles. The van der Waals surface area contributed by atoms with Gasteiger partial charge in [-0.15, -0.1) is 0 Å². The number of halogens is 1. The number of hydrogen-bond acceptors (Lipinski definition) is 2. The number of nitrogens with one attached hydrogen (secondary N) is 1. The van der Waals surface area contributed by atoms with E-state index in [1.54, 1.807) is 0 Å². The summed E-state index contributed by atoms with van der Waals surface area (Å²) in [5.74, 6) is 0.729. The van der Waals surface area contributed by atoms with Crippen LogP contribution < -0.4 is 10.1 Å². The van der Waals surface area contributed by atoms with Crippen molar-refractivity contribution in [2.24, 2.45) is 0 Å². The molecular weight excluding hydrogens is 402 g/mol. The lowest BCUT2D eigenvalue weighted by molar-refractivity contribution is -0.110. The van der Waals surface area contributed by atoms with E-state index in [1.165, 1.54) is 0 Å². The molecule has 3 aromatic rings. The molecule has 0 saturated carbocycles. The van der Waals surface area contributed by atoms with Crippen LogP contribution in [0.3, 0.4) is 0 Å². The molecule has 1 aliphatic rings. The van der Waals surface area contributed by atoms with Gasteiger partial charge in [0.1, 0.15) is 12.4 Å². The molecule has 1 heterocycles. The first-order valence-corrected chi connectivity index (χ1v) is 9.50. The Morgan fingerprint density at radius 3 is 2.48 bits per heavy atom. The SMILES string of the molecule is Cc1c(Br)ccc2c1C(=Cc1ccc(OCc3ccccc3)cc1)C(=O)N2. The van der Waals surface area contributed by atoms with E-state index in [-0.39, 0.29) is 5.91 Å². The Kier molecular flexibility index (Phi) is 4.82. The average molecular weight is 420 g/mol. The van der Waals surface area contributed by atoms with E-state index >= 15 is 0 Å². The predicted octanol–water partition coefficient (Wildman–Crippen LogP) is 5.83. The van der Waals surface area contributed by atoms with Crippen LogP contribution in [0.1, 0.15) is 22.3 Å². The summed E-state index contributed by atoms with van der Waals surface area (Å²) < 4.78 is 6.82. The number of benzene rings is 3. The zero-order valence-corrected chi connectivity index (χ0v) is 16.4. The number of amides is 1. The molecule has 1 aliphatic heterocycles. The van der Waals surface area contributed by atoms with Gasteiger partial charge in [0, 0.05) is 21.3 Å². The summed E-state index contributed by atoms with van der Waals surface area (Å²) in [7, 11) is 0. The number of hydrogen-bond donors (Lipinski definition) is 1. The molecule has 134 valence electrons. The highest BCUT2D eigenvalue weighted by atomic mass is 79.9. The van der Waals surface area contributed by atoms with Crippen molar-refractivity contribution in [2.75, 3.05) is 5.32 Å². The van der Waals surface area contributed by atoms with E-state index in [1.807, 2.05) is 79.7 Å². The largest absolute Gasteiger partial charge is 0.489 e. The summed E-state index contributed by atoms with van der Waals surface area (Å²) in [6, 6.07) is 21.7. The average Bonchev–Trinajstić information content (AvgIpc) is 3.01. The van der Waals surface area contributed by atoms with Crippen molar-refractivity contribution in [1.29, 1.82) is 0 Å². The molecule has 0 spiro atoms. The minimum atomic E-state index is -0.0735. The van der Waals surface area contributed by atoms with Crippen molar-refractivity contribution in [3.8, 4) is 5.75 Å². The van der Waals surface area contributed by atoms with E-state index in [2.05, 4.69) is 21.2 Å². The summed E-state index contributed by atoms with van der Waals surface area (Å²) in [6.07, 6.45) is 1.92. The molecule has 4 heteroatoms. The fourth-order valence-corrected chi connectivity index (χ4v) is 3.48. The second-order valence-corrected chi connectivity index (χ2v) is 7.30. The van der Waals surface area contributed by atoms with Crippen molar-refractivity contribution in [3.05, 3.63) is 93.5 Å². The van der Waals surface area contributed by atoms with Crippen LogP contribution in [-0.2, 0) is 11.4 Å². The number of ether oxygens (including phenoxy) is 1. The fourth-order valence-electron chi connectivity index (χ4n) is 3.15. The van der Waals surface area contributed by atoms with Gasteiger partial charge in [-0.3, -0.25) is 4.79 Å². The van der Waals surface area contributed by atoms with Crippen LogP contribution in [0.2, 0.25) is 0 Å². The Labute approximate surface area is 166 Å². The Morgan fingerprint density at radius 1 is 1.00 bits per heavy atom. The van der Waals surface area contributed by atoms with Crippen molar-refractivity contribution in [1.82, 2.24) is 0 Å². The molecule has 1 amide bonds. The fraction of sp³-hybridized carbons (Fsp3) is 0.0870. The first kappa shape index (κ1) is 17.6. The van der Waals surface area contributed by atoms with Crippen molar-refractivity contribution >= 4 is 39.2 Å². The van der Waals surface area contributed by atoms with Gasteiger partial charge < -0.3 is 10.1 Å². The molecular formula is C23H18BrNO2. The molecule has 0 aromatic heterocycles. The number of carbonyl (C=O) groups excluding carboxylic acids is 1. The van der Waals surface area contributed by atoms with Gasteiger partial charge in [0.2, 0.25) is 0 Å². The molecule has 0 aliphatic carbocycles. The van der Waals surface area contributed by atoms with Gasteiger partial charge in [0.25, 0.3) is 5.91 Å². The zero-order chi connectivity index (χ0) is 18.8. The summed E-state index contributed by atoms with van der Waals surface area (Å²) in [5, 5.41) is 2.93. The smallest absolute Gasteiger partial charge is 0.256 e. The van der Waals surface area contributed by atoms with Gasteiger partial charge in [-0.2, -0.15) is 0 Å². The molecule has 0 radical (unpaired) electrons. The third-order valence-electron chi connectivity index (χ3n) is 4.60. The van der Waals surface area contributed by atoms with Crippen LogP contribution in [0.25, 0.3) is 11.6 Å². The molecule has 0 unspecified atom stereocenters. The third-order valence-corrected chi connectivity index (χ3v) is 5.46. The van der Waals surface area contributed by atoms with E-state index in [9.17, 15) is 4.79 Å². The van der Waals surface area contributed by atoms with E-state index in [0.717, 1.165) is 38.2 Å². The van der Waals surface area contributed by atoms with Crippen molar-refractivity contribution < 1.29 is 9.53 Å². The predicted molar refractivity (Wildman–Crippen MR) is 113 cm³/mol. The van der Waals surface area contributed by atoms with Gasteiger partial charge in [-0.05, 0) is 54.0 Å². The summed E-state index contributed by atoms with van der Waals surface area (Å²) in [5.41, 5.74) is 5.64. The Balaban J connectivity index is 1.55. The van der Waals surface area contributed by atoms with Gasteiger partial charge in [-0.1, -0.05) is 58.4 Å². The maximum atomic E-state index is 12.4. The van der Waals surface area contributed by atoms with Crippen LogP contribution in [-0.4, -0.2) is 5.91 Å². The van der Waals surface area contributed by atoms with Gasteiger partial charge in [0.05, 0.1) is 0 Å². The highest BCUT2D eigenvalue weighted by Gasteiger charge is 2.26. The maximum Gasteiger partial charge on any atom is 0.256 e. The topological polar surface area (TPSA) is 38.3 Å². The van der Waals surface area contributed by atoms with E-state index in [0.29, 0.717) is 12.2 Å². The molecule has 1 N–H and O–H groups in total. The van der Waals surface area contributed by atoms with Gasteiger partial charge >= 0.3 is 0 Å². The highest BCUT2D eigenvalue weighted by molar-refractivity contribution is 9.10. The molecule has 0 atom stereocenters. The molecule has 27 heavy (non-hydrogen) atoms. The standard InChI is InChI=1S/C23H18BrNO2/c1-15-20(24)11-12-21-22(15)19(23(26)25-21)13-16-7-9-18(10-8-16)27-14-17-5-3-2-4-6-17/h2-13H,14H2,1H3,(H,25,26). The molecule has 0 fully saturated rings. The van der Waals surface area contributed by atoms with Crippen LogP contribution in [0.15, 0.2) is 71.2 Å². The normalized spacial score (nSPS) is 14.1. The minimum absolute atomic E-state index is 0.0735. The quantitative estimate of drug-likeness (QED) is 0.540. The highest BCUT2D eigenvalue weighted by Crippen LogP contribution is 2.38. The zero-order valence-electron chi connectivity index (χ0n) is 14.8. The van der Waals surface area contributed by atoms with E-state index in [4.69, 9.17) is 4.74 Å². The lowest BCUT2D eigenvalue weighted by Gasteiger charge is -2.07. The maximum absolute atomic E-state index is 12.4. The Bertz CT molecular complexity index is 1020. The molecule has 4 rings (SSSR count). The molecule has 3 aromatic carbocycles. The lowest BCUT2D eigenvalue weighted by Crippen LogP contribution is -2.03. The summed E-state index contributed by atoms with van der Waals surface area (Å²) in [6.45, 7) is 2.54. The Hall–Kier alpha value is -2.85. The summed E-state index contributed by atoms with van der Waals surface area (Å²) in [4.78, 5) is 12.4. The van der Waals surface area contributed by atoms with Gasteiger partial charge in [0.15, 0.2) is 0 Å². The van der Waals surface area contributed by atoms with Crippen molar-refractivity contribution in [3.63, 3.8) is 0 Å². The third kappa shape index (κ3) is 3.67. The van der Waals surface area contributed by atoms with Gasteiger partial charge in [-0.25, -0.2) is 0 Å². The second-order valence-electron chi connectivity index (χ2n) is 6.45. The number of anilines is 1. The van der Waals surface area contributed by atoms with Crippen LogP contribution >= 0.6 is 15.9 Å². The minimum Gasteiger partial charge on any atom is -0.489 e. The number of fused-ring (bicyclic) bond motifs is 1. The van der Waals surface area contributed by atoms with Crippen LogP contribution in [0.4, 0.5) is 5.69 Å². The first-order chi connectivity index (χ1) is 13.1. The lowest BCUT2D eigenvalue weighted by atomic mass is 9.99. The van der Waals surface area contributed by atoms with E-state index < -0.39 is 0 Å². The number of carbonyl (C=O) groups is 1. The summed E-state index contributed by atoms with van der Waals surface area (Å²) >= 11 is 3.54. The second kappa shape index (κ2) is 7.41. The Morgan fingerprint density at radius 2 is 1.74 bits per heavy atom. The van der Waals surface area contributed by atoms with Crippen LogP contribution in [0.5, 0.6) is 5.75 Å². The first-order valence-electron chi connectivity index (χ1n) is 8.71. The van der Waals surface area contributed by atoms with Crippen molar-refractivity contribution in [2.45, 2.75) is 13.5 Å². The monoisotopic (exact) mass is 419 g/mol. The van der Waals surface area contributed by atoms with Crippen LogP contribution in [0, 0.1) is 6.92 Å².